The SMILES string of the molecule is CCOC(=O)CCOC(=O)c1c(C(F)(F)F)nn(-c2ccccc2)c1C#N. The quantitative estimate of drug-likeness (QED) is 0.714. The average Bonchev–Trinajstić information content (AvgIpc) is 3.02. The van der Waals surface area contributed by atoms with Gasteiger partial charge in [-0.15, -0.1) is 0 Å². The molecule has 0 saturated carbocycles. The number of carbonyl (C=O) groups excluding carboxylic acids is 2. The van der Waals surface area contributed by atoms with Gasteiger partial charge in [-0.25, -0.2) is 9.48 Å². The van der Waals surface area contributed by atoms with E-state index >= 15 is 0 Å². The standard InChI is InChI=1S/C17H14F3N3O4/c1-2-26-13(24)8-9-27-16(25)14-12(10-21)23(11-6-4-3-5-7-11)22-15(14)17(18,19)20/h3-7H,2,8-9H2,1H3. The second-order valence-corrected chi connectivity index (χ2v) is 5.12. The number of ether oxygens (including phenoxy) is 2. The number of nitrogens with zero attached hydrogens (tertiary/aromatic N) is 3. The lowest BCUT2D eigenvalue weighted by atomic mass is 10.1. The van der Waals surface area contributed by atoms with E-state index in [1.807, 2.05) is 0 Å². The van der Waals surface area contributed by atoms with Gasteiger partial charge < -0.3 is 9.47 Å². The highest BCUT2D eigenvalue weighted by Gasteiger charge is 2.42. The number of halogens is 3. The molecule has 1 aromatic carbocycles. The van der Waals surface area contributed by atoms with E-state index in [-0.39, 0.29) is 18.7 Å². The predicted octanol–water partition coefficient (Wildman–Crippen LogP) is 2.87. The van der Waals surface area contributed by atoms with Crippen molar-refractivity contribution in [2.45, 2.75) is 19.5 Å². The van der Waals surface area contributed by atoms with Crippen LogP contribution < -0.4 is 0 Å². The Labute approximate surface area is 151 Å². The van der Waals surface area contributed by atoms with Crippen LogP contribution in [0, 0.1) is 11.3 Å². The molecule has 0 unspecified atom stereocenters. The van der Waals surface area contributed by atoms with Gasteiger partial charge >= 0.3 is 18.1 Å². The third-order valence-corrected chi connectivity index (χ3v) is 3.31. The third kappa shape index (κ3) is 4.63. The first kappa shape index (κ1) is 20.0. The number of carbonyl (C=O) groups is 2. The van der Waals surface area contributed by atoms with Crippen LogP contribution in [-0.2, 0) is 20.4 Å². The first-order valence-corrected chi connectivity index (χ1v) is 7.78. The van der Waals surface area contributed by atoms with Crippen molar-refractivity contribution in [2.24, 2.45) is 0 Å². The number of aromatic nitrogens is 2. The highest BCUT2D eigenvalue weighted by atomic mass is 19.4. The number of para-hydroxylation sites is 1. The summed E-state index contributed by atoms with van der Waals surface area (Å²) in [7, 11) is 0. The summed E-state index contributed by atoms with van der Waals surface area (Å²) in [6, 6.07) is 9.15. The smallest absolute Gasteiger partial charge is 0.436 e. The molecule has 0 saturated heterocycles. The molecule has 0 spiro atoms. The van der Waals surface area contributed by atoms with Gasteiger partial charge in [-0.05, 0) is 19.1 Å². The van der Waals surface area contributed by atoms with E-state index in [1.165, 1.54) is 12.1 Å². The molecule has 0 atom stereocenters. The molecular formula is C17H14F3N3O4. The Bertz CT molecular complexity index is 870. The Kier molecular flexibility index (Phi) is 6.18. The molecule has 0 bridgehead atoms. The van der Waals surface area contributed by atoms with Gasteiger partial charge in [0.15, 0.2) is 11.4 Å². The second kappa shape index (κ2) is 8.35. The molecule has 2 aromatic rings. The summed E-state index contributed by atoms with van der Waals surface area (Å²) in [5.41, 5.74) is -2.98. The van der Waals surface area contributed by atoms with E-state index in [0.29, 0.717) is 0 Å². The van der Waals surface area contributed by atoms with Gasteiger partial charge in [-0.1, -0.05) is 18.2 Å². The molecule has 10 heteroatoms. The minimum Gasteiger partial charge on any atom is -0.466 e. The Hall–Kier alpha value is -3.35. The minimum atomic E-state index is -4.98. The molecule has 142 valence electrons. The highest BCUT2D eigenvalue weighted by Crippen LogP contribution is 2.34. The molecule has 1 aromatic heterocycles. The zero-order valence-corrected chi connectivity index (χ0v) is 14.1. The third-order valence-electron chi connectivity index (χ3n) is 3.31. The van der Waals surface area contributed by atoms with Crippen LogP contribution in [0.2, 0.25) is 0 Å². The number of nitriles is 1. The van der Waals surface area contributed by atoms with Gasteiger partial charge in [-0.2, -0.15) is 23.5 Å². The number of alkyl halides is 3. The Morgan fingerprint density at radius 2 is 1.89 bits per heavy atom. The summed E-state index contributed by atoms with van der Waals surface area (Å²) < 4.78 is 50.1. The Morgan fingerprint density at radius 3 is 2.44 bits per heavy atom. The van der Waals surface area contributed by atoms with Crippen LogP contribution in [0.3, 0.4) is 0 Å². The largest absolute Gasteiger partial charge is 0.466 e. The summed E-state index contributed by atoms with van der Waals surface area (Å²) in [4.78, 5) is 23.4. The number of rotatable bonds is 6. The van der Waals surface area contributed by atoms with E-state index in [4.69, 9.17) is 4.74 Å². The van der Waals surface area contributed by atoms with Crippen molar-refractivity contribution in [2.75, 3.05) is 13.2 Å². The fourth-order valence-corrected chi connectivity index (χ4v) is 2.20. The highest BCUT2D eigenvalue weighted by molar-refractivity contribution is 5.93. The fraction of sp³-hybridized carbons (Fsp3) is 0.294. The molecule has 0 N–H and O–H groups in total. The van der Waals surface area contributed by atoms with Crippen molar-refractivity contribution in [3.8, 4) is 11.8 Å². The van der Waals surface area contributed by atoms with Crippen LogP contribution in [0.15, 0.2) is 30.3 Å². The number of hydrogen-bond donors (Lipinski definition) is 0. The van der Waals surface area contributed by atoms with Crippen molar-refractivity contribution >= 4 is 11.9 Å². The normalized spacial score (nSPS) is 10.9. The van der Waals surface area contributed by atoms with Crippen LogP contribution in [0.5, 0.6) is 0 Å². The van der Waals surface area contributed by atoms with Gasteiger partial charge in [0, 0.05) is 0 Å². The van der Waals surface area contributed by atoms with Crippen LogP contribution in [0.1, 0.15) is 35.1 Å². The molecule has 0 radical (unpaired) electrons. The summed E-state index contributed by atoms with van der Waals surface area (Å²) >= 11 is 0. The maximum atomic E-state index is 13.3. The maximum Gasteiger partial charge on any atom is 0.436 e. The first-order chi connectivity index (χ1) is 12.8. The van der Waals surface area contributed by atoms with Crippen molar-refractivity contribution < 1.29 is 32.2 Å². The van der Waals surface area contributed by atoms with E-state index in [2.05, 4.69) is 9.84 Å². The maximum absolute atomic E-state index is 13.3. The summed E-state index contributed by atoms with van der Waals surface area (Å²) in [5.74, 6) is -2.06. The van der Waals surface area contributed by atoms with E-state index < -0.39 is 41.7 Å². The van der Waals surface area contributed by atoms with Gasteiger partial charge in [0.1, 0.15) is 18.2 Å². The molecule has 0 aliphatic carbocycles. The topological polar surface area (TPSA) is 94.2 Å². The molecule has 2 rings (SSSR count). The monoisotopic (exact) mass is 381 g/mol. The Morgan fingerprint density at radius 1 is 1.22 bits per heavy atom. The zero-order chi connectivity index (χ0) is 20.0. The van der Waals surface area contributed by atoms with Crippen molar-refractivity contribution in [1.82, 2.24) is 9.78 Å². The molecule has 7 nitrogen and oxygen atoms in total. The average molecular weight is 381 g/mol. The van der Waals surface area contributed by atoms with Gasteiger partial charge in [0.05, 0.1) is 18.7 Å². The number of hydrogen-bond acceptors (Lipinski definition) is 6. The van der Waals surface area contributed by atoms with Gasteiger partial charge in [0.25, 0.3) is 0 Å². The van der Waals surface area contributed by atoms with Crippen molar-refractivity contribution in [1.29, 1.82) is 5.26 Å². The van der Waals surface area contributed by atoms with Crippen molar-refractivity contribution in [3.63, 3.8) is 0 Å². The fourth-order valence-electron chi connectivity index (χ4n) is 2.20. The lowest BCUT2D eigenvalue weighted by Gasteiger charge is -2.07. The molecule has 27 heavy (non-hydrogen) atoms. The number of benzene rings is 1. The molecule has 1 heterocycles. The predicted molar refractivity (Wildman–Crippen MR) is 84.8 cm³/mol. The first-order valence-electron chi connectivity index (χ1n) is 7.78. The van der Waals surface area contributed by atoms with Gasteiger partial charge in [-0.3, -0.25) is 4.79 Å². The Balaban J connectivity index is 2.39. The van der Waals surface area contributed by atoms with Gasteiger partial charge in [0.2, 0.25) is 0 Å². The lowest BCUT2D eigenvalue weighted by Crippen LogP contribution is -2.17. The summed E-state index contributed by atoms with van der Waals surface area (Å²) in [6.45, 7) is 1.21. The van der Waals surface area contributed by atoms with Crippen LogP contribution >= 0.6 is 0 Å². The van der Waals surface area contributed by atoms with Crippen LogP contribution in [0.25, 0.3) is 5.69 Å². The summed E-state index contributed by atoms with van der Waals surface area (Å²) in [6.07, 6.45) is -5.31. The van der Waals surface area contributed by atoms with Crippen LogP contribution in [-0.4, -0.2) is 34.9 Å². The van der Waals surface area contributed by atoms with Crippen LogP contribution in [0.4, 0.5) is 13.2 Å². The summed E-state index contributed by atoms with van der Waals surface area (Å²) in [5, 5.41) is 12.7. The molecule has 0 amide bonds. The van der Waals surface area contributed by atoms with E-state index in [1.54, 1.807) is 31.2 Å². The minimum absolute atomic E-state index is 0.118. The molecule has 0 fully saturated rings. The van der Waals surface area contributed by atoms with Crippen molar-refractivity contribution in [3.05, 3.63) is 47.3 Å². The number of esters is 2. The molecular weight excluding hydrogens is 367 g/mol. The van der Waals surface area contributed by atoms with E-state index in [0.717, 1.165) is 4.68 Å². The second-order valence-electron chi connectivity index (χ2n) is 5.12. The van der Waals surface area contributed by atoms with E-state index in [9.17, 15) is 28.0 Å². The molecule has 0 aliphatic heterocycles. The molecule has 0 aliphatic rings. The zero-order valence-electron chi connectivity index (χ0n) is 14.1. The lowest BCUT2D eigenvalue weighted by molar-refractivity contribution is -0.144.